The van der Waals surface area contributed by atoms with Gasteiger partial charge in [0.25, 0.3) is 11.8 Å². The van der Waals surface area contributed by atoms with E-state index in [0.29, 0.717) is 17.7 Å². The van der Waals surface area contributed by atoms with Gasteiger partial charge in [0.15, 0.2) is 0 Å². The number of halogens is 4. The summed E-state index contributed by atoms with van der Waals surface area (Å²) in [6.07, 6.45) is -2.04. The van der Waals surface area contributed by atoms with Crippen LogP contribution >= 0.6 is 0 Å². The summed E-state index contributed by atoms with van der Waals surface area (Å²) in [5.41, 5.74) is -1.24. The monoisotopic (exact) mass is 403 g/mol. The Balaban J connectivity index is 1.83. The van der Waals surface area contributed by atoms with Crippen molar-refractivity contribution in [3.05, 3.63) is 89.5 Å². The fourth-order valence-electron chi connectivity index (χ4n) is 2.51. The van der Waals surface area contributed by atoms with Crippen molar-refractivity contribution >= 4 is 23.2 Å². The standard InChI is InChI=1S/C20H13F4N3O2/c21-16-6-5-13(11-15(16)20(22,23)24)26-19(29)14-3-1-2-4-17(14)27-18(28)12-7-9-25-10-8-12/h1-11H,(H,26,29)(H,27,28). The minimum absolute atomic E-state index is 0.0211. The van der Waals surface area contributed by atoms with Crippen LogP contribution in [0.15, 0.2) is 67.0 Å². The molecule has 0 unspecified atom stereocenters. The summed E-state index contributed by atoms with van der Waals surface area (Å²) >= 11 is 0. The highest BCUT2D eigenvalue weighted by molar-refractivity contribution is 6.12. The van der Waals surface area contributed by atoms with Crippen molar-refractivity contribution in [2.24, 2.45) is 0 Å². The van der Waals surface area contributed by atoms with Gasteiger partial charge in [0.05, 0.1) is 16.8 Å². The van der Waals surface area contributed by atoms with Crippen molar-refractivity contribution in [2.75, 3.05) is 10.6 Å². The largest absolute Gasteiger partial charge is 0.419 e. The molecule has 0 radical (unpaired) electrons. The first-order chi connectivity index (χ1) is 13.8. The van der Waals surface area contributed by atoms with Crippen molar-refractivity contribution < 1.29 is 27.2 Å². The molecule has 0 atom stereocenters. The van der Waals surface area contributed by atoms with Gasteiger partial charge in [0.1, 0.15) is 5.82 Å². The Hall–Kier alpha value is -3.75. The first-order valence-corrected chi connectivity index (χ1v) is 8.24. The molecule has 0 spiro atoms. The molecule has 29 heavy (non-hydrogen) atoms. The number of pyridine rings is 1. The Morgan fingerprint density at radius 2 is 1.55 bits per heavy atom. The lowest BCUT2D eigenvalue weighted by Crippen LogP contribution is -2.18. The van der Waals surface area contributed by atoms with Crippen LogP contribution < -0.4 is 10.6 Å². The van der Waals surface area contributed by atoms with Gasteiger partial charge in [-0.3, -0.25) is 14.6 Å². The fraction of sp³-hybridized carbons (Fsp3) is 0.0500. The van der Waals surface area contributed by atoms with E-state index in [4.69, 9.17) is 0 Å². The number of anilines is 2. The zero-order valence-electron chi connectivity index (χ0n) is 14.6. The van der Waals surface area contributed by atoms with Gasteiger partial charge in [-0.05, 0) is 42.5 Å². The van der Waals surface area contributed by atoms with Crippen LogP contribution in [-0.4, -0.2) is 16.8 Å². The molecule has 3 aromatic rings. The number of hydrogen-bond acceptors (Lipinski definition) is 3. The molecule has 0 aliphatic carbocycles. The molecular formula is C20H13F4N3O2. The number of nitrogens with one attached hydrogen (secondary N) is 2. The van der Waals surface area contributed by atoms with E-state index in [-0.39, 0.29) is 16.9 Å². The van der Waals surface area contributed by atoms with Gasteiger partial charge >= 0.3 is 6.18 Å². The maximum Gasteiger partial charge on any atom is 0.419 e. The summed E-state index contributed by atoms with van der Waals surface area (Å²) < 4.78 is 52.0. The lowest BCUT2D eigenvalue weighted by molar-refractivity contribution is -0.139. The van der Waals surface area contributed by atoms with Crippen LogP contribution in [0.4, 0.5) is 28.9 Å². The molecule has 1 heterocycles. The zero-order chi connectivity index (χ0) is 21.0. The van der Waals surface area contributed by atoms with Crippen molar-refractivity contribution in [1.82, 2.24) is 4.98 Å². The Bertz CT molecular complexity index is 1050. The number of benzene rings is 2. The number of rotatable bonds is 4. The zero-order valence-corrected chi connectivity index (χ0v) is 14.6. The number of carbonyl (C=O) groups is 2. The second-order valence-corrected chi connectivity index (χ2v) is 5.88. The molecule has 0 saturated heterocycles. The third-order valence-corrected chi connectivity index (χ3v) is 3.89. The lowest BCUT2D eigenvalue weighted by atomic mass is 10.1. The summed E-state index contributed by atoms with van der Waals surface area (Å²) in [5.74, 6) is -2.70. The van der Waals surface area contributed by atoms with Crippen LogP contribution in [0.1, 0.15) is 26.3 Å². The highest BCUT2D eigenvalue weighted by Gasteiger charge is 2.34. The lowest BCUT2D eigenvalue weighted by Gasteiger charge is -2.13. The van der Waals surface area contributed by atoms with Crippen molar-refractivity contribution in [3.63, 3.8) is 0 Å². The highest BCUT2D eigenvalue weighted by Crippen LogP contribution is 2.33. The van der Waals surface area contributed by atoms with Crippen LogP contribution in [0.5, 0.6) is 0 Å². The fourth-order valence-corrected chi connectivity index (χ4v) is 2.51. The van der Waals surface area contributed by atoms with E-state index in [1.807, 2.05) is 0 Å². The van der Waals surface area contributed by atoms with Gasteiger partial charge in [0.2, 0.25) is 0 Å². The molecule has 0 aliphatic heterocycles. The number of para-hydroxylation sites is 1. The quantitative estimate of drug-likeness (QED) is 0.618. The van der Waals surface area contributed by atoms with Crippen LogP contribution in [0.3, 0.4) is 0 Å². The molecule has 0 bridgehead atoms. The number of nitrogens with zero attached hydrogens (tertiary/aromatic N) is 1. The van der Waals surface area contributed by atoms with E-state index < -0.39 is 29.4 Å². The molecule has 1 aromatic heterocycles. The van der Waals surface area contributed by atoms with Gasteiger partial charge in [-0.1, -0.05) is 12.1 Å². The summed E-state index contributed by atoms with van der Waals surface area (Å²) in [6, 6.07) is 11.1. The average molecular weight is 403 g/mol. The molecule has 2 amide bonds. The molecule has 0 fully saturated rings. The summed E-state index contributed by atoms with van der Waals surface area (Å²) in [6.45, 7) is 0. The molecule has 0 saturated carbocycles. The molecule has 5 nitrogen and oxygen atoms in total. The maximum atomic E-state index is 13.4. The maximum absolute atomic E-state index is 13.4. The average Bonchev–Trinajstić information content (AvgIpc) is 2.69. The Morgan fingerprint density at radius 3 is 2.24 bits per heavy atom. The minimum atomic E-state index is -4.90. The van der Waals surface area contributed by atoms with E-state index >= 15 is 0 Å². The molecule has 3 rings (SSSR count). The van der Waals surface area contributed by atoms with Crippen LogP contribution in [0.2, 0.25) is 0 Å². The Labute approximate surface area is 162 Å². The van der Waals surface area contributed by atoms with Crippen molar-refractivity contribution in [3.8, 4) is 0 Å². The van der Waals surface area contributed by atoms with Gasteiger partial charge in [0, 0.05) is 23.6 Å². The number of hydrogen-bond donors (Lipinski definition) is 2. The third kappa shape index (κ3) is 4.75. The predicted octanol–water partition coefficient (Wildman–Crippen LogP) is 4.74. The number of amides is 2. The SMILES string of the molecule is O=C(Nc1ccccc1C(=O)Nc1ccc(F)c(C(F)(F)F)c1)c1ccncc1. The van der Waals surface area contributed by atoms with E-state index in [9.17, 15) is 27.2 Å². The van der Waals surface area contributed by atoms with E-state index in [1.165, 1.54) is 42.7 Å². The third-order valence-electron chi connectivity index (χ3n) is 3.89. The minimum Gasteiger partial charge on any atom is -0.322 e. The van der Waals surface area contributed by atoms with Crippen LogP contribution in [0, 0.1) is 5.82 Å². The van der Waals surface area contributed by atoms with Gasteiger partial charge < -0.3 is 10.6 Å². The molecule has 2 N–H and O–H groups in total. The van der Waals surface area contributed by atoms with E-state index in [1.54, 1.807) is 6.07 Å². The second-order valence-electron chi connectivity index (χ2n) is 5.88. The highest BCUT2D eigenvalue weighted by atomic mass is 19.4. The van der Waals surface area contributed by atoms with Gasteiger partial charge in [-0.25, -0.2) is 4.39 Å². The summed E-state index contributed by atoms with van der Waals surface area (Å²) in [4.78, 5) is 28.7. The first-order valence-electron chi connectivity index (χ1n) is 8.24. The van der Waals surface area contributed by atoms with Crippen molar-refractivity contribution in [2.45, 2.75) is 6.18 Å². The van der Waals surface area contributed by atoms with E-state index in [2.05, 4.69) is 15.6 Å². The Kier molecular flexibility index (Phi) is 5.58. The summed E-state index contributed by atoms with van der Waals surface area (Å²) in [7, 11) is 0. The number of alkyl halides is 3. The summed E-state index contributed by atoms with van der Waals surface area (Å²) in [5, 5.41) is 4.86. The Morgan fingerprint density at radius 1 is 0.862 bits per heavy atom. The second kappa shape index (κ2) is 8.09. The molecular weight excluding hydrogens is 390 g/mol. The van der Waals surface area contributed by atoms with Crippen LogP contribution in [0.25, 0.3) is 0 Å². The predicted molar refractivity (Wildman–Crippen MR) is 98.0 cm³/mol. The van der Waals surface area contributed by atoms with Gasteiger partial charge in [-0.2, -0.15) is 13.2 Å². The first kappa shape index (κ1) is 20.0. The van der Waals surface area contributed by atoms with E-state index in [0.717, 1.165) is 6.07 Å². The molecule has 2 aromatic carbocycles. The molecule has 9 heteroatoms. The smallest absolute Gasteiger partial charge is 0.322 e. The molecule has 0 aliphatic rings. The topological polar surface area (TPSA) is 71.1 Å². The molecule has 148 valence electrons. The van der Waals surface area contributed by atoms with Crippen LogP contribution in [-0.2, 0) is 6.18 Å². The number of carbonyl (C=O) groups excluding carboxylic acids is 2. The normalized spacial score (nSPS) is 11.0. The van der Waals surface area contributed by atoms with Crippen molar-refractivity contribution in [1.29, 1.82) is 0 Å². The van der Waals surface area contributed by atoms with Gasteiger partial charge in [-0.15, -0.1) is 0 Å². The number of aromatic nitrogens is 1.